The second-order valence-corrected chi connectivity index (χ2v) is 9.06. The van der Waals surface area contributed by atoms with Crippen LogP contribution in [0.25, 0.3) is 16.8 Å². The average molecular weight is 454 g/mol. The van der Waals surface area contributed by atoms with Gasteiger partial charge >= 0.3 is 6.03 Å². The SMILES string of the molecule is Cc1cccc(-c2ccc3c(n2)N(C(=O)Nc2cccc(C4=CCOCC4)n2)[C@H]2CCN3C2)c1. The number of urea groups is 1. The number of aryl methyl sites for hydroxylation is 1. The topological polar surface area (TPSA) is 70.6 Å². The van der Waals surface area contributed by atoms with Crippen molar-refractivity contribution in [2.24, 2.45) is 0 Å². The molecule has 1 aromatic carbocycles. The fraction of sp³-hybridized carbons (Fsp3) is 0.296. The van der Waals surface area contributed by atoms with E-state index in [2.05, 4.69) is 53.5 Å². The summed E-state index contributed by atoms with van der Waals surface area (Å²) in [5.74, 6) is 1.26. The first-order valence-electron chi connectivity index (χ1n) is 11.8. The molecule has 7 nitrogen and oxygen atoms in total. The summed E-state index contributed by atoms with van der Waals surface area (Å²) in [4.78, 5) is 27.4. The Bertz CT molecular complexity index is 1290. The van der Waals surface area contributed by atoms with E-state index in [-0.39, 0.29) is 12.1 Å². The highest BCUT2D eigenvalue weighted by Gasteiger charge is 2.40. The molecule has 6 rings (SSSR count). The van der Waals surface area contributed by atoms with E-state index >= 15 is 0 Å². The highest BCUT2D eigenvalue weighted by atomic mass is 16.5. The largest absolute Gasteiger partial charge is 0.377 e. The summed E-state index contributed by atoms with van der Waals surface area (Å²) in [6, 6.07) is 18.1. The molecule has 0 aliphatic carbocycles. The summed E-state index contributed by atoms with van der Waals surface area (Å²) in [7, 11) is 0. The molecule has 3 aromatic rings. The second kappa shape index (κ2) is 8.57. The van der Waals surface area contributed by atoms with Crippen molar-refractivity contribution in [3.63, 3.8) is 0 Å². The Labute approximate surface area is 199 Å². The van der Waals surface area contributed by atoms with Crippen LogP contribution in [0.4, 0.5) is 22.1 Å². The van der Waals surface area contributed by atoms with Crippen LogP contribution in [0.1, 0.15) is 24.1 Å². The molecule has 0 radical (unpaired) electrons. The number of hydrogen-bond donors (Lipinski definition) is 1. The summed E-state index contributed by atoms with van der Waals surface area (Å²) in [6.07, 6.45) is 3.81. The maximum atomic E-state index is 13.6. The van der Waals surface area contributed by atoms with Gasteiger partial charge in [-0.15, -0.1) is 0 Å². The summed E-state index contributed by atoms with van der Waals surface area (Å²) < 4.78 is 5.41. The highest BCUT2D eigenvalue weighted by Crippen LogP contribution is 2.40. The molecule has 1 fully saturated rings. The van der Waals surface area contributed by atoms with Gasteiger partial charge in [0.2, 0.25) is 0 Å². The number of carbonyl (C=O) groups is 1. The summed E-state index contributed by atoms with van der Waals surface area (Å²) in [5.41, 5.74) is 6.15. The molecule has 0 unspecified atom stereocenters. The number of carbonyl (C=O) groups excluding carboxylic acids is 1. The van der Waals surface area contributed by atoms with Crippen LogP contribution in [-0.2, 0) is 4.74 Å². The minimum Gasteiger partial charge on any atom is -0.377 e. The third-order valence-corrected chi connectivity index (χ3v) is 6.76. The van der Waals surface area contributed by atoms with Gasteiger partial charge in [-0.2, -0.15) is 0 Å². The highest BCUT2D eigenvalue weighted by molar-refractivity contribution is 6.04. The van der Waals surface area contributed by atoms with Gasteiger partial charge in [-0.1, -0.05) is 35.9 Å². The lowest BCUT2D eigenvalue weighted by Gasteiger charge is -2.35. The van der Waals surface area contributed by atoms with Gasteiger partial charge in [0.25, 0.3) is 0 Å². The van der Waals surface area contributed by atoms with Crippen LogP contribution in [0.5, 0.6) is 0 Å². The number of rotatable bonds is 3. The van der Waals surface area contributed by atoms with Crippen LogP contribution in [0, 0.1) is 6.92 Å². The van der Waals surface area contributed by atoms with Crippen LogP contribution in [0.2, 0.25) is 0 Å². The molecule has 34 heavy (non-hydrogen) atoms. The van der Waals surface area contributed by atoms with E-state index in [1.54, 1.807) is 0 Å². The van der Waals surface area contributed by atoms with Gasteiger partial charge in [-0.3, -0.25) is 10.2 Å². The fourth-order valence-electron chi connectivity index (χ4n) is 5.05. The maximum Gasteiger partial charge on any atom is 0.329 e. The normalized spacial score (nSPS) is 19.0. The molecule has 172 valence electrons. The second-order valence-electron chi connectivity index (χ2n) is 9.06. The Morgan fingerprint density at radius 3 is 2.85 bits per heavy atom. The molecule has 3 aliphatic rings. The van der Waals surface area contributed by atoms with E-state index in [1.807, 2.05) is 29.2 Å². The van der Waals surface area contributed by atoms with Crippen molar-refractivity contribution >= 4 is 28.9 Å². The van der Waals surface area contributed by atoms with Gasteiger partial charge in [-0.05, 0) is 55.7 Å². The predicted octanol–water partition coefficient (Wildman–Crippen LogP) is 4.89. The van der Waals surface area contributed by atoms with E-state index in [0.29, 0.717) is 24.8 Å². The molecule has 7 heteroatoms. The Morgan fingerprint density at radius 1 is 1.09 bits per heavy atom. The number of hydrogen-bond acceptors (Lipinski definition) is 5. The summed E-state index contributed by atoms with van der Waals surface area (Å²) >= 11 is 0. The number of fused-ring (bicyclic) bond motifs is 4. The number of amides is 2. The van der Waals surface area contributed by atoms with Crippen LogP contribution >= 0.6 is 0 Å². The zero-order chi connectivity index (χ0) is 23.1. The lowest BCUT2D eigenvalue weighted by molar-refractivity contribution is 0.161. The van der Waals surface area contributed by atoms with E-state index in [1.165, 1.54) is 5.56 Å². The smallest absolute Gasteiger partial charge is 0.329 e. The molecule has 1 saturated heterocycles. The number of aromatic nitrogens is 2. The molecular weight excluding hydrogens is 426 g/mol. The molecule has 2 aromatic heterocycles. The monoisotopic (exact) mass is 453 g/mol. The molecule has 2 bridgehead atoms. The predicted molar refractivity (Wildman–Crippen MR) is 134 cm³/mol. The Balaban J connectivity index is 1.32. The first-order chi connectivity index (χ1) is 16.7. The van der Waals surface area contributed by atoms with Gasteiger partial charge in [0, 0.05) is 18.7 Å². The van der Waals surface area contributed by atoms with Gasteiger partial charge in [0.15, 0.2) is 5.82 Å². The zero-order valence-corrected chi connectivity index (χ0v) is 19.2. The number of nitrogens with one attached hydrogen (secondary N) is 1. The van der Waals surface area contributed by atoms with Crippen molar-refractivity contribution in [2.45, 2.75) is 25.8 Å². The van der Waals surface area contributed by atoms with Gasteiger partial charge < -0.3 is 9.64 Å². The van der Waals surface area contributed by atoms with Gasteiger partial charge in [0.1, 0.15) is 5.82 Å². The Kier molecular flexibility index (Phi) is 5.26. The minimum atomic E-state index is -0.188. The number of pyridine rings is 2. The molecule has 1 N–H and O–H groups in total. The molecule has 0 spiro atoms. The molecule has 3 aliphatic heterocycles. The van der Waals surface area contributed by atoms with Crippen LogP contribution in [0.3, 0.4) is 0 Å². The number of anilines is 3. The van der Waals surface area contributed by atoms with E-state index in [9.17, 15) is 4.79 Å². The van der Waals surface area contributed by atoms with Gasteiger partial charge in [-0.25, -0.2) is 14.8 Å². The lowest BCUT2D eigenvalue weighted by atomic mass is 10.1. The van der Waals surface area contributed by atoms with E-state index < -0.39 is 0 Å². The van der Waals surface area contributed by atoms with Crippen molar-refractivity contribution in [1.29, 1.82) is 0 Å². The standard InChI is InChI=1S/C27H27N5O2/c1-18-4-2-5-20(16-18)23-8-9-24-26(29-23)32(21-10-13-31(24)17-21)27(33)30-25-7-3-6-22(28-25)19-11-14-34-15-12-19/h2-9,11,16,21H,10,12-15,17H2,1H3,(H,28,30,33)/t21-/m0/s1. The van der Waals surface area contributed by atoms with Crippen molar-refractivity contribution in [1.82, 2.24) is 9.97 Å². The van der Waals surface area contributed by atoms with Gasteiger partial charge in [0.05, 0.1) is 36.3 Å². The van der Waals surface area contributed by atoms with Crippen LogP contribution in [-0.4, -0.2) is 48.3 Å². The molecule has 0 saturated carbocycles. The van der Waals surface area contributed by atoms with Crippen molar-refractivity contribution in [3.8, 4) is 11.3 Å². The molecular formula is C27H27N5O2. The molecule has 1 atom stereocenters. The Morgan fingerprint density at radius 2 is 2.00 bits per heavy atom. The van der Waals surface area contributed by atoms with Crippen molar-refractivity contribution < 1.29 is 9.53 Å². The quantitative estimate of drug-likeness (QED) is 0.612. The van der Waals surface area contributed by atoms with E-state index in [4.69, 9.17) is 14.7 Å². The maximum absolute atomic E-state index is 13.6. The Hall–Kier alpha value is -3.71. The third kappa shape index (κ3) is 3.82. The lowest BCUT2D eigenvalue weighted by Crippen LogP contribution is -2.48. The van der Waals surface area contributed by atoms with Crippen molar-refractivity contribution in [3.05, 3.63) is 71.9 Å². The number of ether oxygens (including phenoxy) is 1. The minimum absolute atomic E-state index is 0.0918. The molecule has 2 amide bonds. The average Bonchev–Trinajstić information content (AvgIpc) is 3.28. The first-order valence-corrected chi connectivity index (χ1v) is 11.8. The van der Waals surface area contributed by atoms with Crippen LogP contribution in [0.15, 0.2) is 60.7 Å². The zero-order valence-electron chi connectivity index (χ0n) is 19.2. The summed E-state index contributed by atoms with van der Waals surface area (Å²) in [6.45, 7) is 5.13. The third-order valence-electron chi connectivity index (χ3n) is 6.76. The first kappa shape index (κ1) is 20.9. The summed E-state index contributed by atoms with van der Waals surface area (Å²) in [5, 5.41) is 3.04. The molecule has 5 heterocycles. The van der Waals surface area contributed by atoms with Crippen LogP contribution < -0.4 is 15.1 Å². The van der Waals surface area contributed by atoms with E-state index in [0.717, 1.165) is 54.1 Å². The number of nitrogens with zero attached hydrogens (tertiary/aromatic N) is 4. The number of benzene rings is 1. The van der Waals surface area contributed by atoms with Crippen molar-refractivity contribution in [2.75, 3.05) is 41.4 Å². The fourth-order valence-corrected chi connectivity index (χ4v) is 5.05.